The van der Waals surface area contributed by atoms with Gasteiger partial charge in [0.15, 0.2) is 0 Å². The van der Waals surface area contributed by atoms with E-state index in [-0.39, 0.29) is 12.6 Å². The lowest BCUT2D eigenvalue weighted by molar-refractivity contribution is 0.207. The Morgan fingerprint density at radius 3 is 2.83 bits per heavy atom. The Morgan fingerprint density at radius 2 is 2.17 bits per heavy atom. The van der Waals surface area contributed by atoms with Gasteiger partial charge in [0.1, 0.15) is 6.61 Å². The minimum Gasteiger partial charge on any atom is -0.384 e. The van der Waals surface area contributed by atoms with Crippen molar-refractivity contribution in [3.63, 3.8) is 0 Å². The second-order valence-corrected chi connectivity index (χ2v) is 3.81. The zero-order valence-electron chi connectivity index (χ0n) is 10.7. The topological polar surface area (TPSA) is 52.6 Å². The van der Waals surface area contributed by atoms with Gasteiger partial charge in [-0.2, -0.15) is 0 Å². The van der Waals surface area contributed by atoms with E-state index in [1.807, 2.05) is 31.2 Å². The number of rotatable bonds is 3. The number of carbonyl (C=O) groups is 1. The molecule has 0 bridgehead atoms. The molecule has 0 atom stereocenters. The zero-order chi connectivity index (χ0) is 13.4. The van der Waals surface area contributed by atoms with E-state index in [1.165, 1.54) is 0 Å². The lowest BCUT2D eigenvalue weighted by Gasteiger charge is -2.18. The number of urea groups is 1. The van der Waals surface area contributed by atoms with Crippen LogP contribution in [-0.2, 0) is 6.54 Å². The van der Waals surface area contributed by atoms with Crippen molar-refractivity contribution in [1.29, 1.82) is 0 Å². The number of aliphatic hydroxyl groups excluding tert-OH is 1. The van der Waals surface area contributed by atoms with Gasteiger partial charge < -0.3 is 15.3 Å². The van der Waals surface area contributed by atoms with Gasteiger partial charge in [0.2, 0.25) is 0 Å². The molecule has 2 amide bonds. The average Bonchev–Trinajstić information content (AvgIpc) is 2.38. The second-order valence-electron chi connectivity index (χ2n) is 3.81. The first-order chi connectivity index (χ1) is 8.69. The van der Waals surface area contributed by atoms with Crippen molar-refractivity contribution in [2.45, 2.75) is 13.5 Å². The smallest absolute Gasteiger partial charge is 0.317 e. The molecule has 0 unspecified atom stereocenters. The molecule has 0 aliphatic rings. The van der Waals surface area contributed by atoms with E-state index in [2.05, 4.69) is 17.2 Å². The predicted molar refractivity (Wildman–Crippen MR) is 70.9 cm³/mol. The largest absolute Gasteiger partial charge is 0.384 e. The van der Waals surface area contributed by atoms with E-state index in [4.69, 9.17) is 5.11 Å². The third kappa shape index (κ3) is 4.11. The minimum absolute atomic E-state index is 0.109. The van der Waals surface area contributed by atoms with Gasteiger partial charge in [-0.1, -0.05) is 30.0 Å². The van der Waals surface area contributed by atoms with Gasteiger partial charge in [0, 0.05) is 25.7 Å². The van der Waals surface area contributed by atoms with Crippen molar-refractivity contribution >= 4 is 6.03 Å². The van der Waals surface area contributed by atoms with Crippen molar-refractivity contribution in [3.8, 4) is 11.8 Å². The summed E-state index contributed by atoms with van der Waals surface area (Å²) in [5, 5.41) is 11.4. The molecule has 0 spiro atoms. The van der Waals surface area contributed by atoms with Gasteiger partial charge in [0.05, 0.1) is 0 Å². The molecule has 96 valence electrons. The number of nitrogens with zero attached hydrogens (tertiary/aromatic N) is 1. The summed E-state index contributed by atoms with van der Waals surface area (Å²) >= 11 is 0. The molecule has 0 radical (unpaired) electrons. The molecule has 0 fully saturated rings. The van der Waals surface area contributed by atoms with Crippen LogP contribution in [-0.4, -0.2) is 36.2 Å². The fraction of sp³-hybridized carbons (Fsp3) is 0.357. The Morgan fingerprint density at radius 1 is 1.44 bits per heavy atom. The first-order valence-electron chi connectivity index (χ1n) is 5.85. The number of carbonyl (C=O) groups excluding carboxylic acids is 1. The van der Waals surface area contributed by atoms with Crippen LogP contribution in [0.15, 0.2) is 24.3 Å². The van der Waals surface area contributed by atoms with Gasteiger partial charge in [0.25, 0.3) is 0 Å². The fourth-order valence-electron chi connectivity index (χ4n) is 1.53. The van der Waals surface area contributed by atoms with Gasteiger partial charge in [-0.25, -0.2) is 4.79 Å². The van der Waals surface area contributed by atoms with Crippen LogP contribution in [0.1, 0.15) is 18.1 Å². The Labute approximate surface area is 108 Å². The summed E-state index contributed by atoms with van der Waals surface area (Å²) in [6.07, 6.45) is 0. The summed E-state index contributed by atoms with van der Waals surface area (Å²) in [4.78, 5) is 13.2. The van der Waals surface area contributed by atoms with Gasteiger partial charge in [-0.15, -0.1) is 0 Å². The van der Waals surface area contributed by atoms with Crippen molar-refractivity contribution in [1.82, 2.24) is 10.2 Å². The standard InChI is InChI=1S/C14H18N2O2/c1-3-15-14(18)16(2)11-13-8-5-4-7-12(13)9-6-10-17/h4-5,7-8,17H,3,10-11H2,1-2H3,(H,15,18). The normalized spacial score (nSPS) is 9.28. The molecule has 4 nitrogen and oxygen atoms in total. The van der Waals surface area contributed by atoms with Crippen LogP contribution >= 0.6 is 0 Å². The molecule has 4 heteroatoms. The van der Waals surface area contributed by atoms with E-state index in [1.54, 1.807) is 11.9 Å². The maximum Gasteiger partial charge on any atom is 0.317 e. The minimum atomic E-state index is -0.166. The van der Waals surface area contributed by atoms with Crippen molar-refractivity contribution in [2.24, 2.45) is 0 Å². The lowest BCUT2D eigenvalue weighted by atomic mass is 10.1. The summed E-state index contributed by atoms with van der Waals surface area (Å²) in [5.41, 5.74) is 1.80. The Balaban J connectivity index is 2.80. The molecular weight excluding hydrogens is 228 g/mol. The van der Waals surface area contributed by atoms with Gasteiger partial charge in [-0.3, -0.25) is 0 Å². The Bertz CT molecular complexity index is 460. The summed E-state index contributed by atoms with van der Waals surface area (Å²) in [6.45, 7) is 2.81. The number of aliphatic hydroxyl groups is 1. The molecule has 1 aromatic rings. The summed E-state index contributed by atoms with van der Waals surface area (Å²) in [6, 6.07) is 7.49. The molecule has 1 rings (SSSR count). The summed E-state index contributed by atoms with van der Waals surface area (Å²) < 4.78 is 0. The number of amides is 2. The molecule has 1 aromatic carbocycles. The van der Waals surface area contributed by atoms with E-state index in [0.717, 1.165) is 11.1 Å². The summed E-state index contributed by atoms with van der Waals surface area (Å²) in [7, 11) is 1.74. The highest BCUT2D eigenvalue weighted by Gasteiger charge is 2.09. The number of benzene rings is 1. The van der Waals surface area contributed by atoms with Crippen LogP contribution < -0.4 is 5.32 Å². The second kappa shape index (κ2) is 7.36. The third-order valence-electron chi connectivity index (χ3n) is 2.40. The molecule has 0 aliphatic heterocycles. The lowest BCUT2D eigenvalue weighted by Crippen LogP contribution is -2.36. The van der Waals surface area contributed by atoms with Gasteiger partial charge >= 0.3 is 6.03 Å². The molecule has 18 heavy (non-hydrogen) atoms. The monoisotopic (exact) mass is 246 g/mol. The van der Waals surface area contributed by atoms with Crippen LogP contribution in [0.3, 0.4) is 0 Å². The van der Waals surface area contributed by atoms with Crippen LogP contribution in [0.5, 0.6) is 0 Å². The third-order valence-corrected chi connectivity index (χ3v) is 2.40. The highest BCUT2D eigenvalue weighted by Crippen LogP contribution is 2.09. The highest BCUT2D eigenvalue weighted by molar-refractivity contribution is 5.73. The molecule has 0 saturated heterocycles. The van der Waals surface area contributed by atoms with Gasteiger partial charge in [-0.05, 0) is 18.6 Å². The Hall–Kier alpha value is -1.99. The van der Waals surface area contributed by atoms with E-state index >= 15 is 0 Å². The van der Waals surface area contributed by atoms with Crippen molar-refractivity contribution in [2.75, 3.05) is 20.2 Å². The van der Waals surface area contributed by atoms with Crippen molar-refractivity contribution < 1.29 is 9.90 Å². The summed E-state index contributed by atoms with van der Waals surface area (Å²) in [5.74, 6) is 5.50. The first kappa shape index (κ1) is 14.1. The Kier molecular flexibility index (Phi) is 5.75. The quantitative estimate of drug-likeness (QED) is 0.787. The van der Waals surface area contributed by atoms with Crippen LogP contribution in [0, 0.1) is 11.8 Å². The molecule has 0 aromatic heterocycles. The predicted octanol–water partition coefficient (Wildman–Crippen LogP) is 1.19. The number of hydrogen-bond donors (Lipinski definition) is 2. The fourth-order valence-corrected chi connectivity index (χ4v) is 1.53. The zero-order valence-corrected chi connectivity index (χ0v) is 10.7. The molecule has 2 N–H and O–H groups in total. The number of hydrogen-bond acceptors (Lipinski definition) is 2. The van der Waals surface area contributed by atoms with Crippen molar-refractivity contribution in [3.05, 3.63) is 35.4 Å². The molecular formula is C14H18N2O2. The van der Waals surface area contributed by atoms with Crippen LogP contribution in [0.2, 0.25) is 0 Å². The van der Waals surface area contributed by atoms with E-state index in [0.29, 0.717) is 13.1 Å². The van der Waals surface area contributed by atoms with E-state index in [9.17, 15) is 4.79 Å². The SMILES string of the molecule is CCNC(=O)N(C)Cc1ccccc1C#CCO. The number of nitrogens with one attached hydrogen (secondary N) is 1. The molecule has 0 aliphatic carbocycles. The highest BCUT2D eigenvalue weighted by atomic mass is 16.2. The van der Waals surface area contributed by atoms with E-state index < -0.39 is 0 Å². The molecule has 0 heterocycles. The maximum atomic E-state index is 11.6. The van der Waals surface area contributed by atoms with Crippen LogP contribution in [0.25, 0.3) is 0 Å². The van der Waals surface area contributed by atoms with Crippen LogP contribution in [0.4, 0.5) is 4.79 Å². The first-order valence-corrected chi connectivity index (χ1v) is 5.85. The molecule has 0 saturated carbocycles. The average molecular weight is 246 g/mol. The maximum absolute atomic E-state index is 11.6.